The number of carbonyl (C=O) groups excluding carboxylic acids is 2. The average molecular weight is 195 g/mol. The lowest BCUT2D eigenvalue weighted by molar-refractivity contribution is -0.163. The molecule has 0 atom stereocenters. The first-order chi connectivity index (χ1) is 5.37. The first kappa shape index (κ1) is 11.2. The molecule has 0 unspecified atom stereocenters. The molecule has 4 nitrogen and oxygen atoms in total. The molecule has 12 heavy (non-hydrogen) atoms. The summed E-state index contributed by atoms with van der Waals surface area (Å²) in [4.78, 5) is 21.0. The van der Waals surface area contributed by atoms with Crippen LogP contribution in [0.1, 0.15) is 20.8 Å². The standard InChI is InChI=1S/C7H11ClO4/c1-7(2,3)4-11-5(9)6(10)12-8/h4H2,1-3H3. The number of hydrogen-bond donors (Lipinski definition) is 0. The topological polar surface area (TPSA) is 52.6 Å². The molecule has 0 spiro atoms. The van der Waals surface area contributed by atoms with E-state index < -0.39 is 11.9 Å². The first-order valence-electron chi connectivity index (χ1n) is 3.36. The van der Waals surface area contributed by atoms with Gasteiger partial charge < -0.3 is 9.03 Å². The van der Waals surface area contributed by atoms with Gasteiger partial charge in [0, 0.05) is 0 Å². The van der Waals surface area contributed by atoms with Crippen LogP contribution < -0.4 is 0 Å². The minimum absolute atomic E-state index is 0.151. The summed E-state index contributed by atoms with van der Waals surface area (Å²) >= 11 is 4.65. The van der Waals surface area contributed by atoms with Gasteiger partial charge >= 0.3 is 11.9 Å². The average Bonchev–Trinajstić information content (AvgIpc) is 1.97. The van der Waals surface area contributed by atoms with Crippen molar-refractivity contribution in [1.29, 1.82) is 0 Å². The van der Waals surface area contributed by atoms with Gasteiger partial charge in [-0.2, -0.15) is 0 Å². The fourth-order valence-corrected chi connectivity index (χ4v) is 0.435. The first-order valence-corrected chi connectivity index (χ1v) is 3.67. The van der Waals surface area contributed by atoms with Crippen LogP contribution in [0.4, 0.5) is 0 Å². The quantitative estimate of drug-likeness (QED) is 0.466. The van der Waals surface area contributed by atoms with Crippen LogP contribution in [0, 0.1) is 5.41 Å². The zero-order chi connectivity index (χ0) is 9.78. The third kappa shape index (κ3) is 4.96. The Morgan fingerprint density at radius 2 is 1.75 bits per heavy atom. The van der Waals surface area contributed by atoms with Crippen LogP contribution in [0.15, 0.2) is 0 Å². The Hall–Kier alpha value is -0.770. The molecule has 0 radical (unpaired) electrons. The van der Waals surface area contributed by atoms with Gasteiger partial charge in [-0.1, -0.05) is 20.8 Å². The summed E-state index contributed by atoms with van der Waals surface area (Å²) in [6.07, 6.45) is 0. The van der Waals surface area contributed by atoms with E-state index in [9.17, 15) is 9.59 Å². The lowest BCUT2D eigenvalue weighted by atomic mass is 9.99. The molecule has 70 valence electrons. The summed E-state index contributed by atoms with van der Waals surface area (Å²) in [5.74, 6) is -2.26. The summed E-state index contributed by atoms with van der Waals surface area (Å²) < 4.78 is 8.20. The summed E-state index contributed by atoms with van der Waals surface area (Å²) in [6, 6.07) is 0. The third-order valence-corrected chi connectivity index (χ3v) is 1.01. The minimum Gasteiger partial charge on any atom is -0.457 e. The van der Waals surface area contributed by atoms with E-state index in [4.69, 9.17) is 0 Å². The number of hydrogen-bond acceptors (Lipinski definition) is 4. The second-order valence-corrected chi connectivity index (χ2v) is 3.66. The lowest BCUT2D eigenvalue weighted by Crippen LogP contribution is -2.23. The number of halogens is 1. The van der Waals surface area contributed by atoms with Gasteiger partial charge in [-0.15, -0.1) is 0 Å². The highest BCUT2D eigenvalue weighted by Crippen LogP contribution is 2.12. The van der Waals surface area contributed by atoms with E-state index in [0.29, 0.717) is 0 Å². The minimum atomic E-state index is -1.19. The molecular weight excluding hydrogens is 184 g/mol. The van der Waals surface area contributed by atoms with Gasteiger partial charge in [0.25, 0.3) is 0 Å². The molecule has 0 aromatic rings. The van der Waals surface area contributed by atoms with Crippen molar-refractivity contribution in [2.24, 2.45) is 5.41 Å². The molecule has 0 saturated heterocycles. The maximum Gasteiger partial charge on any atom is 0.435 e. The Kier molecular flexibility index (Phi) is 4.03. The molecule has 0 bridgehead atoms. The van der Waals surface area contributed by atoms with Crippen molar-refractivity contribution in [3.63, 3.8) is 0 Å². The Bertz CT molecular complexity index is 182. The van der Waals surface area contributed by atoms with Gasteiger partial charge in [0.1, 0.15) is 11.9 Å². The molecule has 0 saturated carbocycles. The molecule has 0 heterocycles. The van der Waals surface area contributed by atoms with Crippen molar-refractivity contribution in [3.8, 4) is 0 Å². The Labute approximate surface area is 76.0 Å². The number of rotatable bonds is 1. The van der Waals surface area contributed by atoms with Crippen LogP contribution in [0.5, 0.6) is 0 Å². The summed E-state index contributed by atoms with van der Waals surface area (Å²) in [6.45, 7) is 5.75. The fourth-order valence-electron chi connectivity index (χ4n) is 0.372. The highest BCUT2D eigenvalue weighted by atomic mass is 35.5. The third-order valence-electron chi connectivity index (χ3n) is 0.873. The monoisotopic (exact) mass is 194 g/mol. The van der Waals surface area contributed by atoms with Crippen LogP contribution in [0.25, 0.3) is 0 Å². The molecule has 0 rings (SSSR count). The predicted octanol–water partition coefficient (Wildman–Crippen LogP) is 1.27. The molecule has 0 aromatic carbocycles. The van der Waals surface area contributed by atoms with Gasteiger partial charge in [-0.25, -0.2) is 9.59 Å². The molecule has 0 aromatic heterocycles. The summed E-state index contributed by atoms with van der Waals surface area (Å²) in [5.41, 5.74) is -0.178. The number of ether oxygens (including phenoxy) is 1. The second-order valence-electron chi connectivity index (χ2n) is 3.50. The zero-order valence-electron chi connectivity index (χ0n) is 7.22. The van der Waals surface area contributed by atoms with E-state index in [2.05, 4.69) is 20.9 Å². The Morgan fingerprint density at radius 3 is 2.08 bits per heavy atom. The van der Waals surface area contributed by atoms with E-state index in [1.807, 2.05) is 20.8 Å². The molecule has 0 aliphatic rings. The largest absolute Gasteiger partial charge is 0.457 e. The van der Waals surface area contributed by atoms with Crippen LogP contribution in [-0.2, 0) is 18.6 Å². The molecule has 0 aliphatic heterocycles. The van der Waals surface area contributed by atoms with Crippen molar-refractivity contribution in [2.45, 2.75) is 20.8 Å². The molecule has 0 N–H and O–H groups in total. The molecule has 0 fully saturated rings. The van der Waals surface area contributed by atoms with Gasteiger partial charge in [-0.05, 0) is 5.41 Å². The fraction of sp³-hybridized carbons (Fsp3) is 0.714. The summed E-state index contributed by atoms with van der Waals surface area (Å²) in [7, 11) is 0. The van der Waals surface area contributed by atoms with E-state index >= 15 is 0 Å². The van der Waals surface area contributed by atoms with Gasteiger partial charge in [0.2, 0.25) is 0 Å². The van der Waals surface area contributed by atoms with E-state index in [-0.39, 0.29) is 12.0 Å². The zero-order valence-corrected chi connectivity index (χ0v) is 7.97. The van der Waals surface area contributed by atoms with E-state index in [1.165, 1.54) is 0 Å². The second kappa shape index (κ2) is 4.30. The molecule has 5 heteroatoms. The number of esters is 1. The predicted molar refractivity (Wildman–Crippen MR) is 42.4 cm³/mol. The summed E-state index contributed by atoms with van der Waals surface area (Å²) in [5, 5.41) is 0. The van der Waals surface area contributed by atoms with Crippen molar-refractivity contribution < 1.29 is 18.6 Å². The van der Waals surface area contributed by atoms with Crippen molar-refractivity contribution in [2.75, 3.05) is 6.61 Å². The lowest BCUT2D eigenvalue weighted by Gasteiger charge is -2.16. The molecule has 0 amide bonds. The van der Waals surface area contributed by atoms with Crippen LogP contribution in [-0.4, -0.2) is 18.5 Å². The smallest absolute Gasteiger partial charge is 0.435 e. The van der Waals surface area contributed by atoms with Crippen LogP contribution in [0.3, 0.4) is 0 Å². The highest BCUT2D eigenvalue weighted by molar-refractivity contribution is 6.35. The van der Waals surface area contributed by atoms with Gasteiger partial charge in [-0.3, -0.25) is 0 Å². The Morgan fingerprint density at radius 1 is 1.25 bits per heavy atom. The van der Waals surface area contributed by atoms with Crippen molar-refractivity contribution >= 4 is 23.8 Å². The molecular formula is C7H11ClO4. The maximum atomic E-state index is 10.6. The van der Waals surface area contributed by atoms with Gasteiger partial charge in [0.05, 0.1) is 6.61 Å². The normalized spacial score (nSPS) is 10.7. The highest BCUT2D eigenvalue weighted by Gasteiger charge is 2.20. The number of carbonyl (C=O) groups is 2. The SMILES string of the molecule is CC(C)(C)COC(=O)C(=O)OCl. The Balaban J connectivity index is 3.80. The van der Waals surface area contributed by atoms with Crippen molar-refractivity contribution in [3.05, 3.63) is 0 Å². The molecule has 0 aliphatic carbocycles. The maximum absolute atomic E-state index is 10.6. The van der Waals surface area contributed by atoms with E-state index in [0.717, 1.165) is 0 Å². The van der Waals surface area contributed by atoms with Crippen molar-refractivity contribution in [1.82, 2.24) is 0 Å². The van der Waals surface area contributed by atoms with Crippen LogP contribution in [0.2, 0.25) is 0 Å². The van der Waals surface area contributed by atoms with Crippen LogP contribution >= 0.6 is 11.9 Å². The van der Waals surface area contributed by atoms with E-state index in [1.54, 1.807) is 0 Å². The van der Waals surface area contributed by atoms with Gasteiger partial charge in [0.15, 0.2) is 0 Å².